The first-order valence-electron chi connectivity index (χ1n) is 10.9. The van der Waals surface area contributed by atoms with Crippen LogP contribution in [0, 0.1) is 12.7 Å². The second-order valence-electron chi connectivity index (χ2n) is 9.27. The van der Waals surface area contributed by atoms with Crippen molar-refractivity contribution in [3.63, 3.8) is 0 Å². The number of aliphatic imine (C=N–C) groups is 1. The van der Waals surface area contributed by atoms with Crippen molar-refractivity contribution in [3.8, 4) is 0 Å². The van der Waals surface area contributed by atoms with Gasteiger partial charge in [-0.05, 0) is 68.0 Å². The minimum Gasteiger partial charge on any atom is -0.465 e. The van der Waals surface area contributed by atoms with E-state index in [4.69, 9.17) is 11.6 Å². The first-order chi connectivity index (χ1) is 16.3. The van der Waals surface area contributed by atoms with Crippen LogP contribution in [0.15, 0.2) is 29.4 Å². The van der Waals surface area contributed by atoms with E-state index < -0.39 is 43.5 Å². The molecule has 13 heteroatoms. The highest BCUT2D eigenvalue weighted by Crippen LogP contribution is 2.48. The van der Waals surface area contributed by atoms with Crippen molar-refractivity contribution in [2.24, 2.45) is 4.99 Å². The number of carbonyl (C=O) groups is 2. The van der Waals surface area contributed by atoms with E-state index in [1.165, 1.54) is 12.3 Å². The lowest BCUT2D eigenvalue weighted by atomic mass is 9.89. The van der Waals surface area contributed by atoms with Gasteiger partial charge in [0.25, 0.3) is 5.91 Å². The number of halogens is 2. The summed E-state index contributed by atoms with van der Waals surface area (Å²) in [5.74, 6) is -1.29. The van der Waals surface area contributed by atoms with Gasteiger partial charge in [-0.25, -0.2) is 19.2 Å². The van der Waals surface area contributed by atoms with E-state index >= 15 is 4.39 Å². The van der Waals surface area contributed by atoms with Crippen LogP contribution in [0.2, 0.25) is 5.02 Å². The van der Waals surface area contributed by atoms with Crippen molar-refractivity contribution in [2.75, 3.05) is 11.9 Å². The average molecular weight is 525 g/mol. The van der Waals surface area contributed by atoms with Crippen LogP contribution in [0.3, 0.4) is 0 Å². The second kappa shape index (κ2) is 8.61. The largest absolute Gasteiger partial charge is 0.465 e. The third-order valence-electron chi connectivity index (χ3n) is 6.66. The van der Waals surface area contributed by atoms with Crippen LogP contribution in [0.1, 0.15) is 48.9 Å². The number of amides is 2. The SMILES string of the molecule is Cc1cc(Cl)cnc1C(=O)Nc1ccc(F)c([C@@]2(C)N=C(NC(=O)O)C(C)(C)[SH]3(=O)NCC[C@H]23)n1. The molecule has 0 unspecified atom stereocenters. The van der Waals surface area contributed by atoms with Crippen LogP contribution in [-0.2, 0) is 15.7 Å². The minimum atomic E-state index is -3.32. The Morgan fingerprint density at radius 3 is 2.66 bits per heavy atom. The quantitative estimate of drug-likeness (QED) is 0.390. The van der Waals surface area contributed by atoms with E-state index in [2.05, 4.69) is 30.3 Å². The van der Waals surface area contributed by atoms with E-state index in [1.807, 2.05) is 0 Å². The predicted molar refractivity (Wildman–Crippen MR) is 132 cm³/mol. The van der Waals surface area contributed by atoms with Crippen molar-refractivity contribution in [2.45, 2.75) is 49.7 Å². The Morgan fingerprint density at radius 1 is 1.29 bits per heavy atom. The van der Waals surface area contributed by atoms with Gasteiger partial charge in [-0.15, -0.1) is 0 Å². The van der Waals surface area contributed by atoms with E-state index in [0.29, 0.717) is 23.6 Å². The molecule has 2 aromatic heterocycles. The van der Waals surface area contributed by atoms with Crippen molar-refractivity contribution in [1.82, 2.24) is 20.0 Å². The number of nitrogens with zero attached hydrogens (tertiary/aromatic N) is 3. The molecule has 0 radical (unpaired) electrons. The Kier molecular flexibility index (Phi) is 6.18. The van der Waals surface area contributed by atoms with Gasteiger partial charge in [-0.3, -0.25) is 24.0 Å². The number of amidine groups is 1. The number of pyridine rings is 2. The van der Waals surface area contributed by atoms with Crippen molar-refractivity contribution in [3.05, 3.63) is 52.2 Å². The van der Waals surface area contributed by atoms with E-state index in [9.17, 15) is 18.9 Å². The highest BCUT2D eigenvalue weighted by molar-refractivity contribution is 8.04. The molecule has 0 bridgehead atoms. The van der Waals surface area contributed by atoms with Gasteiger partial charge in [0.05, 0.1) is 15.0 Å². The monoisotopic (exact) mass is 524 g/mol. The minimum absolute atomic E-state index is 0.0392. The number of anilines is 1. The highest BCUT2D eigenvalue weighted by atomic mass is 35.5. The lowest BCUT2D eigenvalue weighted by molar-refractivity contribution is 0.102. The Bertz CT molecular complexity index is 1320. The zero-order chi connectivity index (χ0) is 25.8. The van der Waals surface area contributed by atoms with Crippen LogP contribution in [0.25, 0.3) is 0 Å². The number of carboxylic acid groups (broad SMARTS) is 1. The smallest absolute Gasteiger partial charge is 0.410 e. The summed E-state index contributed by atoms with van der Waals surface area (Å²) in [6, 6.07) is 4.02. The van der Waals surface area contributed by atoms with Gasteiger partial charge in [0.15, 0.2) is 0 Å². The number of nitrogens with one attached hydrogen (secondary N) is 3. The molecule has 2 aliphatic rings. The van der Waals surface area contributed by atoms with Crippen molar-refractivity contribution < 1.29 is 23.3 Å². The summed E-state index contributed by atoms with van der Waals surface area (Å²) in [6.45, 7) is 6.96. The number of aryl methyl sites for hydroxylation is 1. The van der Waals surface area contributed by atoms with Crippen molar-refractivity contribution in [1.29, 1.82) is 0 Å². The number of thiol groups is 1. The molecule has 4 heterocycles. The van der Waals surface area contributed by atoms with Crippen molar-refractivity contribution >= 4 is 45.4 Å². The van der Waals surface area contributed by atoms with Crippen LogP contribution in [-0.4, -0.2) is 53.7 Å². The summed E-state index contributed by atoms with van der Waals surface area (Å²) in [4.78, 5) is 37.2. The van der Waals surface area contributed by atoms with E-state index in [0.717, 1.165) is 6.07 Å². The van der Waals surface area contributed by atoms with Crippen LogP contribution in [0.4, 0.5) is 15.0 Å². The fourth-order valence-corrected chi connectivity index (χ4v) is 8.67. The topological polar surface area (TPSA) is 146 Å². The maximum atomic E-state index is 15.2. The molecule has 0 aromatic carbocycles. The van der Waals surface area contributed by atoms with Crippen LogP contribution < -0.4 is 15.4 Å². The molecule has 1 fully saturated rings. The fraction of sp³-hybridized carbons (Fsp3) is 0.409. The van der Waals surface area contributed by atoms with Gasteiger partial charge < -0.3 is 10.4 Å². The summed E-state index contributed by atoms with van der Waals surface area (Å²) in [5, 5.41) is 14.0. The van der Waals surface area contributed by atoms with Gasteiger partial charge in [0, 0.05) is 12.7 Å². The van der Waals surface area contributed by atoms with Crippen LogP contribution >= 0.6 is 11.6 Å². The molecule has 188 valence electrons. The Hall–Kier alpha value is -2.96. The molecule has 2 amide bonds. The summed E-state index contributed by atoms with van der Waals surface area (Å²) >= 11 is 5.91. The molecule has 0 spiro atoms. The molecule has 2 aliphatic heterocycles. The molecule has 4 N–H and O–H groups in total. The Balaban J connectivity index is 1.79. The third-order valence-corrected chi connectivity index (χ3v) is 11.1. The number of hydrogen-bond donors (Lipinski definition) is 5. The molecule has 4 rings (SSSR count). The summed E-state index contributed by atoms with van der Waals surface area (Å²) in [6.07, 6.45) is 0.393. The summed E-state index contributed by atoms with van der Waals surface area (Å²) < 4.78 is 31.3. The van der Waals surface area contributed by atoms with Gasteiger partial charge in [0.1, 0.15) is 34.4 Å². The second-order valence-corrected chi connectivity index (χ2v) is 13.1. The molecule has 2 aromatic rings. The molecular formula is C22H26ClFN6O4S. The van der Waals surface area contributed by atoms with Gasteiger partial charge in [-0.2, -0.15) is 0 Å². The Morgan fingerprint density at radius 2 is 2.00 bits per heavy atom. The third kappa shape index (κ3) is 4.09. The first kappa shape index (κ1) is 25.1. The average Bonchev–Trinajstić information content (AvgIpc) is 3.18. The van der Waals surface area contributed by atoms with E-state index in [1.54, 1.807) is 33.8 Å². The summed E-state index contributed by atoms with van der Waals surface area (Å²) in [5.41, 5.74) is -0.940. The Labute approximate surface area is 207 Å². The van der Waals surface area contributed by atoms with Gasteiger partial charge in [-0.1, -0.05) is 11.6 Å². The lowest BCUT2D eigenvalue weighted by Crippen LogP contribution is -2.66. The lowest BCUT2D eigenvalue weighted by Gasteiger charge is -2.50. The predicted octanol–water partition coefficient (Wildman–Crippen LogP) is 2.80. The zero-order valence-corrected chi connectivity index (χ0v) is 21.2. The van der Waals surface area contributed by atoms with Gasteiger partial charge >= 0.3 is 6.09 Å². The van der Waals surface area contributed by atoms with Crippen LogP contribution in [0.5, 0.6) is 0 Å². The maximum Gasteiger partial charge on any atom is 0.410 e. The molecule has 1 saturated heterocycles. The molecule has 10 nitrogen and oxygen atoms in total. The van der Waals surface area contributed by atoms with E-state index in [-0.39, 0.29) is 23.0 Å². The number of aromatic nitrogens is 2. The molecule has 2 atom stereocenters. The molecule has 35 heavy (non-hydrogen) atoms. The number of fused-ring (bicyclic) bond motifs is 1. The fourth-order valence-electron chi connectivity index (χ4n) is 4.80. The molecule has 0 saturated carbocycles. The zero-order valence-electron chi connectivity index (χ0n) is 19.5. The highest BCUT2D eigenvalue weighted by Gasteiger charge is 2.59. The standard InChI is InChI=1S/C22H26ClFN6O4S/c1-11-9-12(23)10-25-16(11)18(31)28-15-6-5-13(24)17(27-15)22(4)14-7-8-26-35(14,34)21(2,3)19(30-22)29-20(32)33/h5-6,9-10,14,35H,7-8H2,1-4H3,(H,26,34)(H,29,30)(H,32,33)(H,27,28,31)/t14-,22+/m1/s1. The normalized spacial score (nSPS) is 25.2. The molecular weight excluding hydrogens is 499 g/mol. The first-order valence-corrected chi connectivity index (χ1v) is 13.0. The molecule has 0 aliphatic carbocycles. The number of rotatable bonds is 3. The number of carbonyl (C=O) groups excluding carboxylic acids is 1. The number of hydrogen-bond acceptors (Lipinski definition) is 6. The summed E-state index contributed by atoms with van der Waals surface area (Å²) in [7, 11) is -3.32. The maximum absolute atomic E-state index is 15.2. The van der Waals surface area contributed by atoms with Gasteiger partial charge in [0.2, 0.25) is 0 Å².